The summed E-state index contributed by atoms with van der Waals surface area (Å²) in [4.78, 5) is 11.1. The number of hydrazine groups is 1. The van der Waals surface area contributed by atoms with E-state index in [9.17, 15) is 4.79 Å². The first-order valence-electron chi connectivity index (χ1n) is 7.03. The molecule has 0 aliphatic heterocycles. The van der Waals surface area contributed by atoms with Crippen LogP contribution in [-0.2, 0) is 24.4 Å². The average molecular weight is 419 g/mol. The molecule has 0 atom stereocenters. The maximum atomic E-state index is 11.1. The Balaban J connectivity index is 0.00000242. The van der Waals surface area contributed by atoms with Crippen molar-refractivity contribution in [1.29, 1.82) is 0 Å². The van der Waals surface area contributed by atoms with Gasteiger partial charge in [0.05, 0.1) is 19.6 Å². The molecule has 1 heterocycles. The van der Waals surface area contributed by atoms with Crippen molar-refractivity contribution in [3.8, 4) is 5.75 Å². The van der Waals surface area contributed by atoms with Gasteiger partial charge in [-0.25, -0.2) is 15.0 Å². The molecule has 0 spiro atoms. The van der Waals surface area contributed by atoms with Gasteiger partial charge in [-0.05, 0) is 26.0 Å². The van der Waals surface area contributed by atoms with Gasteiger partial charge in [-0.2, -0.15) is 0 Å². The van der Waals surface area contributed by atoms with Crippen LogP contribution in [0.25, 0.3) is 11.0 Å². The summed E-state index contributed by atoms with van der Waals surface area (Å²) in [6, 6.07) is 5.76. The van der Waals surface area contributed by atoms with Crippen LogP contribution in [0.4, 0.5) is 0 Å². The zero-order valence-corrected chi connectivity index (χ0v) is 15.0. The van der Waals surface area contributed by atoms with Gasteiger partial charge in [-0.3, -0.25) is 10.2 Å². The Hall–Kier alpha value is -1.39. The minimum Gasteiger partial charge on any atom is -1.00 e. The van der Waals surface area contributed by atoms with E-state index in [4.69, 9.17) is 16.3 Å². The largest absolute Gasteiger partial charge is 1.00 e. The second-order valence-corrected chi connectivity index (χ2v) is 4.62. The van der Waals surface area contributed by atoms with Crippen LogP contribution in [0.15, 0.2) is 18.2 Å². The lowest BCUT2D eigenvalue weighted by Gasteiger charge is -2.04. The smallest absolute Gasteiger partial charge is 0.271 e. The first-order chi connectivity index (χ1) is 10.2. The summed E-state index contributed by atoms with van der Waals surface area (Å²) in [6.07, 6.45) is 0. The molecule has 2 rings (SSSR count). The molecule has 122 valence electrons. The highest BCUT2D eigenvalue weighted by atomic mass is 127. The molecule has 7 nitrogen and oxygen atoms in total. The fraction of sp³-hybridized carbons (Fsp3) is 0.429. The van der Waals surface area contributed by atoms with Crippen molar-refractivity contribution in [2.24, 2.45) is 11.6 Å². The Morgan fingerprint density at radius 1 is 1.41 bits per heavy atom. The number of benzene rings is 1. The molecule has 0 radical (unpaired) electrons. The molecule has 0 fully saturated rings. The van der Waals surface area contributed by atoms with Gasteiger partial charge in [0.15, 0.2) is 17.6 Å². The van der Waals surface area contributed by atoms with E-state index in [1.54, 1.807) is 0 Å². The van der Waals surface area contributed by atoms with Crippen molar-refractivity contribution >= 4 is 16.9 Å². The van der Waals surface area contributed by atoms with E-state index >= 15 is 0 Å². The summed E-state index contributed by atoms with van der Waals surface area (Å²) in [5, 5.41) is 0. The summed E-state index contributed by atoms with van der Waals surface area (Å²) in [6.45, 7) is 6.21. The van der Waals surface area contributed by atoms with E-state index in [1.165, 1.54) is 0 Å². The van der Waals surface area contributed by atoms with E-state index in [0.29, 0.717) is 12.3 Å². The number of fused-ring (bicyclic) bond motifs is 1. The van der Waals surface area contributed by atoms with E-state index in [1.807, 2.05) is 23.6 Å². The number of carbonyl (C=O) groups excluding carboxylic acids is 1. The molecule has 1 aromatic carbocycles. The first kappa shape index (κ1) is 18.7. The molecule has 8 heteroatoms. The van der Waals surface area contributed by atoms with Gasteiger partial charge in [0, 0.05) is 6.07 Å². The lowest BCUT2D eigenvalue weighted by atomic mass is 10.3. The Kier molecular flexibility index (Phi) is 7.04. The normalized spacial score (nSPS) is 10.4. The lowest BCUT2D eigenvalue weighted by Crippen LogP contribution is -3.00. The number of nitrogens with one attached hydrogen (secondary N) is 1. The number of carbonyl (C=O) groups is 1. The quantitative estimate of drug-likeness (QED) is 0.151. The number of imidazole rings is 1. The van der Waals surface area contributed by atoms with E-state index in [-0.39, 0.29) is 36.5 Å². The van der Waals surface area contributed by atoms with Crippen LogP contribution in [0.1, 0.15) is 19.7 Å². The highest BCUT2D eigenvalue weighted by molar-refractivity contribution is 5.77. The molecule has 0 unspecified atom stereocenters. The molecule has 0 saturated carbocycles. The van der Waals surface area contributed by atoms with Crippen LogP contribution in [0, 0.1) is 0 Å². The van der Waals surface area contributed by atoms with Gasteiger partial charge in [0.25, 0.3) is 11.7 Å². The second-order valence-electron chi connectivity index (χ2n) is 4.62. The predicted octanol–water partition coefficient (Wildman–Crippen LogP) is -3.20. The summed E-state index contributed by atoms with van der Waals surface area (Å²) < 4.78 is 9.79. The first-order valence-corrected chi connectivity index (χ1v) is 7.03. The summed E-state index contributed by atoms with van der Waals surface area (Å²) in [7, 11) is 0. The highest BCUT2D eigenvalue weighted by Gasteiger charge is 2.22. The number of nitrogens with two attached hydrogens (primary N) is 2. The Morgan fingerprint density at radius 3 is 2.68 bits per heavy atom. The Bertz CT molecular complexity index is 656. The maximum absolute atomic E-state index is 11.1. The van der Waals surface area contributed by atoms with Crippen LogP contribution < -0.4 is 50.3 Å². The van der Waals surface area contributed by atoms with Crippen molar-refractivity contribution in [2.75, 3.05) is 6.61 Å². The maximum Gasteiger partial charge on any atom is 0.271 e. The van der Waals surface area contributed by atoms with E-state index in [2.05, 4.69) is 23.0 Å². The van der Waals surface area contributed by atoms with E-state index < -0.39 is 0 Å². The molecule has 1 amide bonds. The molecule has 1 aromatic heterocycles. The molecule has 2 aromatic rings. The SMILES string of the molecule is CCn1c(CN)[n+](CC)c2ccc(OCC(=O)NN)cc21.[I-]. The number of nitrogens with zero attached hydrogens (tertiary/aromatic N) is 2. The van der Waals surface area contributed by atoms with Crippen molar-refractivity contribution in [1.82, 2.24) is 9.99 Å². The van der Waals surface area contributed by atoms with Crippen molar-refractivity contribution in [2.45, 2.75) is 33.5 Å². The van der Waals surface area contributed by atoms with E-state index in [0.717, 1.165) is 29.9 Å². The number of ether oxygens (including phenoxy) is 1. The summed E-state index contributed by atoms with van der Waals surface area (Å²) >= 11 is 0. The van der Waals surface area contributed by atoms with Crippen molar-refractivity contribution in [3.63, 3.8) is 0 Å². The van der Waals surface area contributed by atoms with Gasteiger partial charge in [-0.1, -0.05) is 0 Å². The predicted molar refractivity (Wildman–Crippen MR) is 79.2 cm³/mol. The molecule has 22 heavy (non-hydrogen) atoms. The molecule has 0 aliphatic rings. The third-order valence-corrected chi connectivity index (χ3v) is 3.50. The molecular weight excluding hydrogens is 397 g/mol. The van der Waals surface area contributed by atoms with Crippen molar-refractivity contribution in [3.05, 3.63) is 24.0 Å². The molecule has 5 N–H and O–H groups in total. The molecule has 0 saturated heterocycles. The fourth-order valence-corrected chi connectivity index (χ4v) is 2.58. The number of hydrogen-bond donors (Lipinski definition) is 3. The number of amides is 1. The van der Waals surface area contributed by atoms with Crippen LogP contribution in [0.5, 0.6) is 5.75 Å². The summed E-state index contributed by atoms with van der Waals surface area (Å²) in [5.41, 5.74) is 10.1. The van der Waals surface area contributed by atoms with Gasteiger partial charge in [0.1, 0.15) is 5.75 Å². The van der Waals surface area contributed by atoms with Gasteiger partial charge < -0.3 is 34.4 Å². The third kappa shape index (κ3) is 3.50. The van der Waals surface area contributed by atoms with Crippen LogP contribution in [-0.4, -0.2) is 17.1 Å². The van der Waals surface area contributed by atoms with Gasteiger partial charge in [-0.15, -0.1) is 0 Å². The lowest BCUT2D eigenvalue weighted by molar-refractivity contribution is -0.676. The number of hydrogen-bond acceptors (Lipinski definition) is 4. The van der Waals surface area contributed by atoms with Crippen LogP contribution in [0.2, 0.25) is 0 Å². The fourth-order valence-electron chi connectivity index (χ4n) is 2.58. The minimum atomic E-state index is -0.368. The minimum absolute atomic E-state index is 0. The van der Waals surface area contributed by atoms with Crippen LogP contribution >= 0.6 is 0 Å². The standard InChI is InChI=1S/C14H21N5O2.HI/c1-3-18-11-6-5-10(21-9-13(20)17-16)7-12(11)19(4-2)14(18)8-15;/h5-7H,3-4,8-9,15-16H2,1-2H3;1H. The van der Waals surface area contributed by atoms with Crippen molar-refractivity contribution < 1.29 is 38.1 Å². The third-order valence-electron chi connectivity index (χ3n) is 3.50. The topological polar surface area (TPSA) is 99.2 Å². The Morgan fingerprint density at radius 2 is 2.14 bits per heavy atom. The van der Waals surface area contributed by atoms with Crippen LogP contribution in [0.3, 0.4) is 0 Å². The monoisotopic (exact) mass is 419 g/mol. The second kappa shape index (κ2) is 8.30. The molecule has 0 bridgehead atoms. The Labute approximate surface area is 146 Å². The van der Waals surface area contributed by atoms with Gasteiger partial charge >= 0.3 is 0 Å². The molecular formula is C14H22IN5O2. The average Bonchev–Trinajstić information content (AvgIpc) is 2.84. The number of halogens is 1. The number of aryl methyl sites for hydroxylation is 2. The summed E-state index contributed by atoms with van der Waals surface area (Å²) in [5.74, 6) is 6.37. The van der Waals surface area contributed by atoms with Gasteiger partial charge in [0.2, 0.25) is 0 Å². The number of rotatable bonds is 6. The number of aromatic nitrogens is 2. The molecule has 0 aliphatic carbocycles. The zero-order chi connectivity index (χ0) is 15.4. The zero-order valence-electron chi connectivity index (χ0n) is 12.8. The highest BCUT2D eigenvalue weighted by Crippen LogP contribution is 2.21.